The van der Waals surface area contributed by atoms with Crippen LogP contribution in [0.1, 0.15) is 90.1 Å². The number of amides is 6. The van der Waals surface area contributed by atoms with Crippen LogP contribution in [0.25, 0.3) is 16.6 Å². The molecule has 79 heavy (non-hydrogen) atoms. The number of ether oxygens (including phenoxy) is 1. The fourth-order valence-electron chi connectivity index (χ4n) is 13.5. The van der Waals surface area contributed by atoms with Crippen molar-refractivity contribution in [1.29, 1.82) is 5.26 Å². The maximum absolute atomic E-state index is 15.0. The van der Waals surface area contributed by atoms with Gasteiger partial charge < -0.3 is 34.6 Å². The fraction of sp³-hybridized carbons (Fsp3) is 0.466. The van der Waals surface area contributed by atoms with E-state index < -0.39 is 35.0 Å². The van der Waals surface area contributed by atoms with Gasteiger partial charge in [0.1, 0.15) is 35.3 Å². The van der Waals surface area contributed by atoms with E-state index in [0.29, 0.717) is 127 Å². The van der Waals surface area contributed by atoms with Crippen LogP contribution in [-0.4, -0.2) is 160 Å². The molecule has 21 heteroatoms. The number of halogens is 2. The Hall–Kier alpha value is -7.99. The van der Waals surface area contributed by atoms with Crippen LogP contribution in [0.2, 0.25) is 0 Å². The van der Waals surface area contributed by atoms with Crippen molar-refractivity contribution in [2.45, 2.75) is 76.4 Å². The van der Waals surface area contributed by atoms with Gasteiger partial charge in [0.15, 0.2) is 0 Å². The zero-order chi connectivity index (χ0) is 54.7. The molecular weight excluding hydrogens is 1010 g/mol. The molecule has 5 aliphatic heterocycles. The minimum absolute atomic E-state index is 0.0249. The van der Waals surface area contributed by atoms with E-state index in [1.165, 1.54) is 6.20 Å². The molecule has 410 valence electrons. The van der Waals surface area contributed by atoms with Crippen molar-refractivity contribution in [3.8, 4) is 22.9 Å². The summed E-state index contributed by atoms with van der Waals surface area (Å²) in [5.41, 5.74) is 3.88. The number of hydrogen-bond acceptors (Lipinski definition) is 13. The third kappa shape index (κ3) is 9.88. The molecule has 8 heterocycles. The highest BCUT2D eigenvalue weighted by Crippen LogP contribution is 2.62. The molecule has 1 spiro atoms. The van der Waals surface area contributed by atoms with Crippen molar-refractivity contribution in [3.63, 3.8) is 0 Å². The van der Waals surface area contributed by atoms with Gasteiger partial charge in [0.2, 0.25) is 23.6 Å². The number of hydrogen-bond donors (Lipinski definition) is 2. The molecule has 19 nitrogen and oxygen atoms in total. The molecule has 2 N–H and O–H groups in total. The molecule has 2 aromatic carbocycles. The Morgan fingerprint density at radius 2 is 1.53 bits per heavy atom. The summed E-state index contributed by atoms with van der Waals surface area (Å²) in [4.78, 5) is 95.8. The first kappa shape index (κ1) is 51.7. The van der Waals surface area contributed by atoms with Gasteiger partial charge in [-0.05, 0) is 117 Å². The second-order valence-electron chi connectivity index (χ2n) is 22.6. The number of benzene rings is 2. The standard InChI is InChI=1S/C58H62F2N12O7/c1-2-79-43-25-45(51-40(30-61)32-63-72(51)34-43)36-3-9-49(62-31-36)68-13-11-58(12-14-68,65-52(74)46-24-41(59)4-7-47(46)60)35-66-15-17-69(18-16-66)54(76)38-26-57(27-38)28-39(29-57)55(77)70-21-19-67(20-22-70)42-5-6-44-37(23-42)33-71(56(44)78)48-8-10-50(73)64-53(48)75/h3-7,9,23-25,31-32,34,38-39,48H,2,8,10-22,26-29,33,35H2,1H3,(H,65,74)(H,64,73,75). The van der Waals surface area contributed by atoms with Crippen LogP contribution in [0.4, 0.5) is 20.3 Å². The van der Waals surface area contributed by atoms with Crippen molar-refractivity contribution >= 4 is 52.5 Å². The third-order valence-corrected chi connectivity index (χ3v) is 17.8. The van der Waals surface area contributed by atoms with Crippen LogP contribution in [-0.2, 0) is 25.7 Å². The number of rotatable bonds is 12. The van der Waals surface area contributed by atoms with Crippen molar-refractivity contribution < 1.29 is 42.3 Å². The molecule has 4 saturated heterocycles. The fourth-order valence-corrected chi connectivity index (χ4v) is 13.5. The molecule has 12 rings (SSSR count). The number of piperidine rings is 2. The predicted octanol–water partition coefficient (Wildman–Crippen LogP) is 4.77. The third-order valence-electron chi connectivity index (χ3n) is 17.8. The van der Waals surface area contributed by atoms with E-state index in [0.717, 1.165) is 72.1 Å². The highest BCUT2D eigenvalue weighted by atomic mass is 19.1. The zero-order valence-corrected chi connectivity index (χ0v) is 44.1. The summed E-state index contributed by atoms with van der Waals surface area (Å²) in [5, 5.41) is 19.7. The number of imide groups is 1. The van der Waals surface area contributed by atoms with Crippen LogP contribution < -0.4 is 25.2 Å². The lowest BCUT2D eigenvalue weighted by molar-refractivity contribution is -0.161. The highest BCUT2D eigenvalue weighted by molar-refractivity contribution is 6.05. The molecule has 1 atom stereocenters. The number of carbonyl (C=O) groups is 6. The van der Waals surface area contributed by atoms with Gasteiger partial charge in [-0.1, -0.05) is 0 Å². The molecule has 0 bridgehead atoms. The molecule has 6 amide bonds. The van der Waals surface area contributed by atoms with Crippen LogP contribution in [0.3, 0.4) is 0 Å². The van der Waals surface area contributed by atoms with E-state index >= 15 is 0 Å². The van der Waals surface area contributed by atoms with Crippen molar-refractivity contribution in [2.75, 3.05) is 88.4 Å². The van der Waals surface area contributed by atoms with Gasteiger partial charge in [-0.25, -0.2) is 18.3 Å². The van der Waals surface area contributed by atoms with Gasteiger partial charge in [-0.2, -0.15) is 10.4 Å². The van der Waals surface area contributed by atoms with E-state index in [1.807, 2.05) is 53.1 Å². The number of fused-ring (bicyclic) bond motifs is 2. The number of anilines is 2. The SMILES string of the molecule is CCOc1cc(-c2ccc(N3CCC(CN4CCN(C(=O)C5CC6(C5)CC(C(=O)N5CCN(c7ccc8c(c7)CN(C7CCC(=O)NC7=O)C8=O)CC5)C6)CC4)(NC(=O)c4cc(F)ccc4F)CC3)nc2)c2c(C#N)cnn2c1. The minimum atomic E-state index is -0.806. The van der Waals surface area contributed by atoms with Crippen LogP contribution in [0.5, 0.6) is 5.75 Å². The second-order valence-corrected chi connectivity index (χ2v) is 22.6. The Labute approximate surface area is 455 Å². The number of pyridine rings is 2. The smallest absolute Gasteiger partial charge is 0.255 e. The van der Waals surface area contributed by atoms with Crippen LogP contribution >= 0.6 is 0 Å². The molecule has 1 unspecified atom stereocenters. The Bertz CT molecular complexity index is 3310. The number of nitrogens with zero attached hydrogens (tertiary/aromatic N) is 10. The predicted molar refractivity (Wildman–Crippen MR) is 284 cm³/mol. The number of nitrogens with one attached hydrogen (secondary N) is 2. The minimum Gasteiger partial charge on any atom is -0.492 e. The molecule has 2 saturated carbocycles. The van der Waals surface area contributed by atoms with E-state index in [1.54, 1.807) is 21.8 Å². The summed E-state index contributed by atoms with van der Waals surface area (Å²) in [6.07, 6.45) is 9.68. The van der Waals surface area contributed by atoms with E-state index in [2.05, 4.69) is 36.5 Å². The molecule has 7 aliphatic rings. The summed E-state index contributed by atoms with van der Waals surface area (Å²) in [6, 6.07) is 15.9. The number of nitriles is 1. The largest absolute Gasteiger partial charge is 0.492 e. The van der Waals surface area contributed by atoms with Gasteiger partial charge in [-0.15, -0.1) is 0 Å². The average molecular weight is 1080 g/mol. The lowest BCUT2D eigenvalue weighted by Gasteiger charge is -2.58. The quantitative estimate of drug-likeness (QED) is 0.162. The maximum Gasteiger partial charge on any atom is 0.255 e. The first-order valence-corrected chi connectivity index (χ1v) is 27.5. The monoisotopic (exact) mass is 1080 g/mol. The Morgan fingerprint density at radius 1 is 0.823 bits per heavy atom. The molecule has 2 aliphatic carbocycles. The Kier molecular flexibility index (Phi) is 13.5. The summed E-state index contributed by atoms with van der Waals surface area (Å²) in [7, 11) is 0. The topological polar surface area (TPSA) is 209 Å². The summed E-state index contributed by atoms with van der Waals surface area (Å²) < 4.78 is 36.8. The first-order valence-electron chi connectivity index (χ1n) is 27.5. The van der Waals surface area contributed by atoms with Gasteiger partial charge in [0, 0.05) is 125 Å². The summed E-state index contributed by atoms with van der Waals surface area (Å²) in [5.74, 6) is -1.62. The maximum atomic E-state index is 15.0. The second kappa shape index (κ2) is 20.7. The Balaban J connectivity index is 0.620. The van der Waals surface area contributed by atoms with Gasteiger partial charge in [0.05, 0.1) is 41.2 Å². The van der Waals surface area contributed by atoms with E-state index in [4.69, 9.17) is 9.72 Å². The number of aromatic nitrogens is 3. The van der Waals surface area contributed by atoms with Crippen molar-refractivity contribution in [3.05, 3.63) is 107 Å². The van der Waals surface area contributed by atoms with Crippen molar-refractivity contribution in [1.82, 2.24) is 44.8 Å². The Morgan fingerprint density at radius 3 is 2.19 bits per heavy atom. The zero-order valence-electron chi connectivity index (χ0n) is 44.1. The number of carbonyl (C=O) groups excluding carboxylic acids is 6. The van der Waals surface area contributed by atoms with E-state index in [9.17, 15) is 42.8 Å². The van der Waals surface area contributed by atoms with E-state index in [-0.39, 0.29) is 52.9 Å². The molecule has 5 aromatic rings. The van der Waals surface area contributed by atoms with Crippen LogP contribution in [0, 0.1) is 40.2 Å². The average Bonchev–Trinajstić information content (AvgIpc) is 4.08. The molecule has 3 aromatic heterocycles. The number of piperazine rings is 2. The molecule has 0 radical (unpaired) electrons. The van der Waals surface area contributed by atoms with Gasteiger partial charge in [0.25, 0.3) is 11.8 Å². The lowest BCUT2D eigenvalue weighted by Crippen LogP contribution is -2.63. The van der Waals surface area contributed by atoms with Gasteiger partial charge in [-0.3, -0.25) is 39.0 Å². The normalized spacial score (nSPS) is 23.9. The highest BCUT2D eigenvalue weighted by Gasteiger charge is 2.57. The molecular formula is C58H62F2N12O7. The summed E-state index contributed by atoms with van der Waals surface area (Å²) >= 11 is 0. The van der Waals surface area contributed by atoms with Crippen LogP contribution in [0.15, 0.2) is 73.2 Å². The van der Waals surface area contributed by atoms with Crippen molar-refractivity contribution in [2.24, 2.45) is 17.3 Å². The first-order chi connectivity index (χ1) is 38.2. The summed E-state index contributed by atoms with van der Waals surface area (Å²) in [6.45, 7) is 8.89. The molecule has 6 fully saturated rings. The lowest BCUT2D eigenvalue weighted by atomic mass is 9.47. The van der Waals surface area contributed by atoms with Gasteiger partial charge >= 0.3 is 0 Å².